The topological polar surface area (TPSA) is 109 Å². The lowest BCUT2D eigenvalue weighted by Gasteiger charge is -2.17. The second-order valence-corrected chi connectivity index (χ2v) is 4.10. The second kappa shape index (κ2) is 11.0. The van der Waals surface area contributed by atoms with Crippen LogP contribution in [0.5, 0.6) is 0 Å². The molecule has 7 heteroatoms. The average Bonchev–Trinajstić information content (AvgIpc) is 2.40. The van der Waals surface area contributed by atoms with E-state index in [1.165, 1.54) is 6.92 Å². The van der Waals surface area contributed by atoms with E-state index in [4.69, 9.17) is 15.1 Å². The fourth-order valence-electron chi connectivity index (χ4n) is 1.23. The summed E-state index contributed by atoms with van der Waals surface area (Å²) in [4.78, 5) is 23.2. The molecule has 0 heterocycles. The monoisotopic (exact) mass is 284 g/mol. The van der Waals surface area contributed by atoms with Crippen LogP contribution in [0.3, 0.4) is 0 Å². The van der Waals surface area contributed by atoms with Crippen molar-refractivity contribution in [2.24, 2.45) is 0 Å². The molecule has 0 unspecified atom stereocenters. The van der Waals surface area contributed by atoms with Gasteiger partial charge in [-0.15, -0.1) is 6.58 Å². The van der Waals surface area contributed by atoms with E-state index in [9.17, 15) is 9.59 Å². The van der Waals surface area contributed by atoms with Crippen LogP contribution >= 0.6 is 0 Å². The zero-order valence-corrected chi connectivity index (χ0v) is 11.5. The summed E-state index contributed by atoms with van der Waals surface area (Å²) in [5.74, 6) is -1.09. The number of aliphatic hydroxyl groups is 1. The summed E-state index contributed by atoms with van der Waals surface area (Å²) >= 11 is 0. The number of nitrogens with zero attached hydrogens (tertiary/aromatic N) is 1. The lowest BCUT2D eigenvalue weighted by atomic mass is 10.2. The highest BCUT2D eigenvalue weighted by molar-refractivity contribution is 5.84. The SMILES string of the molecule is C=CCCC(=O)N[C@@H](COC[C@@H](C)O)C(=O)OCC#N. The third-order valence-corrected chi connectivity index (χ3v) is 2.12. The summed E-state index contributed by atoms with van der Waals surface area (Å²) < 4.78 is 9.73. The molecule has 20 heavy (non-hydrogen) atoms. The van der Waals surface area contributed by atoms with E-state index in [0.29, 0.717) is 6.42 Å². The molecule has 0 aromatic rings. The van der Waals surface area contributed by atoms with Crippen molar-refractivity contribution >= 4 is 11.9 Å². The molecule has 0 aliphatic heterocycles. The lowest BCUT2D eigenvalue weighted by molar-refractivity contribution is -0.148. The molecule has 0 saturated carbocycles. The molecule has 0 aromatic heterocycles. The summed E-state index contributed by atoms with van der Waals surface area (Å²) in [5, 5.41) is 19.9. The van der Waals surface area contributed by atoms with Gasteiger partial charge in [-0.3, -0.25) is 4.79 Å². The normalized spacial score (nSPS) is 12.8. The van der Waals surface area contributed by atoms with Crippen LogP contribution in [0.4, 0.5) is 0 Å². The Morgan fingerprint density at radius 3 is 2.75 bits per heavy atom. The number of aliphatic hydroxyl groups excluding tert-OH is 1. The van der Waals surface area contributed by atoms with Gasteiger partial charge in [-0.25, -0.2) is 4.79 Å². The van der Waals surface area contributed by atoms with E-state index in [-0.39, 0.29) is 25.5 Å². The first kappa shape index (κ1) is 18.1. The predicted octanol–water partition coefficient (Wildman–Crippen LogP) is -0.0984. The standard InChI is InChI=1S/C13H20N2O5/c1-3-4-5-12(17)15-11(9-19-8-10(2)16)13(18)20-7-6-14/h3,10-11,16H,1,4-5,7-9H2,2H3,(H,15,17)/t10-,11+/m1/s1. The molecular weight excluding hydrogens is 264 g/mol. The number of allylic oxidation sites excluding steroid dienone is 1. The smallest absolute Gasteiger partial charge is 0.332 e. The molecule has 7 nitrogen and oxygen atoms in total. The molecule has 0 aromatic carbocycles. The zero-order chi connectivity index (χ0) is 15.4. The van der Waals surface area contributed by atoms with Crippen molar-refractivity contribution in [2.75, 3.05) is 19.8 Å². The van der Waals surface area contributed by atoms with Crippen LogP contribution in [-0.2, 0) is 19.1 Å². The number of amides is 1. The summed E-state index contributed by atoms with van der Waals surface area (Å²) in [5.41, 5.74) is 0. The number of hydrogen-bond acceptors (Lipinski definition) is 6. The van der Waals surface area contributed by atoms with Crippen LogP contribution in [0, 0.1) is 11.3 Å². The minimum absolute atomic E-state index is 0.0323. The molecule has 0 radical (unpaired) electrons. The first-order valence-electron chi connectivity index (χ1n) is 6.21. The van der Waals surface area contributed by atoms with Gasteiger partial charge in [-0.05, 0) is 13.3 Å². The van der Waals surface area contributed by atoms with Crippen LogP contribution in [0.15, 0.2) is 12.7 Å². The fraction of sp³-hybridized carbons (Fsp3) is 0.615. The number of ether oxygens (including phenoxy) is 2. The van der Waals surface area contributed by atoms with Gasteiger partial charge in [0.05, 0.1) is 19.3 Å². The Labute approximate surface area is 118 Å². The van der Waals surface area contributed by atoms with E-state index in [1.54, 1.807) is 12.1 Å². The Hall–Kier alpha value is -1.91. The number of hydrogen-bond donors (Lipinski definition) is 2. The summed E-state index contributed by atoms with van der Waals surface area (Å²) in [6.45, 7) is 4.54. The minimum atomic E-state index is -1.00. The Kier molecular flexibility index (Phi) is 9.92. The quantitative estimate of drug-likeness (QED) is 0.428. The molecule has 0 aliphatic rings. The van der Waals surface area contributed by atoms with Crippen LogP contribution in [0.2, 0.25) is 0 Å². The third kappa shape index (κ3) is 9.08. The van der Waals surface area contributed by atoms with Crippen molar-refractivity contribution < 1.29 is 24.2 Å². The van der Waals surface area contributed by atoms with Gasteiger partial charge in [0.1, 0.15) is 6.07 Å². The van der Waals surface area contributed by atoms with Gasteiger partial charge in [0, 0.05) is 6.42 Å². The minimum Gasteiger partial charge on any atom is -0.449 e. The fourth-order valence-corrected chi connectivity index (χ4v) is 1.23. The van der Waals surface area contributed by atoms with E-state index in [1.807, 2.05) is 0 Å². The molecule has 2 atom stereocenters. The molecule has 2 N–H and O–H groups in total. The number of carbonyl (C=O) groups excluding carboxylic acids is 2. The molecule has 1 amide bonds. The number of esters is 1. The highest BCUT2D eigenvalue weighted by Crippen LogP contribution is 1.96. The maximum Gasteiger partial charge on any atom is 0.332 e. The molecule has 0 fully saturated rings. The van der Waals surface area contributed by atoms with Crippen molar-refractivity contribution in [2.45, 2.75) is 31.9 Å². The van der Waals surface area contributed by atoms with Crippen molar-refractivity contribution in [1.82, 2.24) is 5.32 Å². The van der Waals surface area contributed by atoms with E-state index in [0.717, 1.165) is 0 Å². The number of nitriles is 1. The van der Waals surface area contributed by atoms with Crippen LogP contribution < -0.4 is 5.32 Å². The van der Waals surface area contributed by atoms with Gasteiger partial charge in [-0.2, -0.15) is 5.26 Å². The lowest BCUT2D eigenvalue weighted by Crippen LogP contribution is -2.45. The Balaban J connectivity index is 4.37. The number of carbonyl (C=O) groups is 2. The van der Waals surface area contributed by atoms with Gasteiger partial charge >= 0.3 is 5.97 Å². The predicted molar refractivity (Wildman–Crippen MR) is 70.4 cm³/mol. The van der Waals surface area contributed by atoms with Crippen LogP contribution in [0.1, 0.15) is 19.8 Å². The van der Waals surface area contributed by atoms with Crippen molar-refractivity contribution in [3.05, 3.63) is 12.7 Å². The zero-order valence-electron chi connectivity index (χ0n) is 11.5. The van der Waals surface area contributed by atoms with Crippen molar-refractivity contribution in [3.8, 4) is 6.07 Å². The molecule has 0 spiro atoms. The van der Waals surface area contributed by atoms with E-state index in [2.05, 4.69) is 16.6 Å². The molecule has 112 valence electrons. The van der Waals surface area contributed by atoms with E-state index < -0.39 is 24.7 Å². The van der Waals surface area contributed by atoms with Gasteiger partial charge < -0.3 is 19.9 Å². The van der Waals surface area contributed by atoms with Crippen LogP contribution in [0.25, 0.3) is 0 Å². The highest BCUT2D eigenvalue weighted by Gasteiger charge is 2.22. The Morgan fingerprint density at radius 2 is 2.20 bits per heavy atom. The Morgan fingerprint density at radius 1 is 1.50 bits per heavy atom. The second-order valence-electron chi connectivity index (χ2n) is 4.10. The maximum atomic E-state index is 11.6. The summed E-state index contributed by atoms with van der Waals surface area (Å²) in [6.07, 6.45) is 1.59. The van der Waals surface area contributed by atoms with Gasteiger partial charge in [-0.1, -0.05) is 6.08 Å². The maximum absolute atomic E-state index is 11.6. The first-order valence-corrected chi connectivity index (χ1v) is 6.21. The first-order chi connectivity index (χ1) is 9.51. The van der Waals surface area contributed by atoms with Gasteiger partial charge in [0.25, 0.3) is 0 Å². The largest absolute Gasteiger partial charge is 0.449 e. The molecule has 0 bridgehead atoms. The van der Waals surface area contributed by atoms with Crippen molar-refractivity contribution in [1.29, 1.82) is 5.26 Å². The van der Waals surface area contributed by atoms with Crippen molar-refractivity contribution in [3.63, 3.8) is 0 Å². The van der Waals surface area contributed by atoms with E-state index >= 15 is 0 Å². The molecule has 0 rings (SSSR count). The highest BCUT2D eigenvalue weighted by atomic mass is 16.5. The number of rotatable bonds is 10. The molecular formula is C13H20N2O5. The summed E-state index contributed by atoms with van der Waals surface area (Å²) in [7, 11) is 0. The van der Waals surface area contributed by atoms with Gasteiger partial charge in [0.2, 0.25) is 5.91 Å². The summed E-state index contributed by atoms with van der Waals surface area (Å²) in [6, 6.07) is 0.665. The third-order valence-electron chi connectivity index (χ3n) is 2.12. The van der Waals surface area contributed by atoms with Gasteiger partial charge in [0.15, 0.2) is 12.6 Å². The molecule has 0 saturated heterocycles. The Bertz CT molecular complexity index is 362. The van der Waals surface area contributed by atoms with Crippen LogP contribution in [-0.4, -0.2) is 48.9 Å². The molecule has 0 aliphatic carbocycles. The average molecular weight is 284 g/mol. The number of nitrogens with one attached hydrogen (secondary N) is 1.